The van der Waals surface area contributed by atoms with Crippen LogP contribution in [-0.2, 0) is 0 Å². The van der Waals surface area contributed by atoms with Crippen molar-refractivity contribution in [2.45, 2.75) is 142 Å². The number of unbranched alkanes of at least 4 members (excludes halogenated alkanes) is 18. The van der Waals surface area contributed by atoms with Crippen molar-refractivity contribution in [2.75, 3.05) is 13.2 Å². The molecule has 1 aromatic rings. The molecule has 192 valence electrons. The normalized spacial score (nSPS) is 11.1. The van der Waals surface area contributed by atoms with E-state index in [2.05, 4.69) is 13.8 Å². The number of benzene rings is 1. The van der Waals surface area contributed by atoms with Crippen LogP contribution in [0.1, 0.15) is 142 Å². The molecule has 1 rings (SSSR count). The molecule has 33 heavy (non-hydrogen) atoms. The number of aromatic hydroxyl groups is 1. The number of rotatable bonds is 24. The van der Waals surface area contributed by atoms with Crippen LogP contribution in [0.25, 0.3) is 0 Å². The maximum atomic E-state index is 10.5. The minimum atomic E-state index is 0.150. The largest absolute Gasteiger partial charge is 0.502 e. The van der Waals surface area contributed by atoms with E-state index in [9.17, 15) is 5.11 Å². The Morgan fingerprint density at radius 1 is 0.485 bits per heavy atom. The fourth-order valence-electron chi connectivity index (χ4n) is 4.28. The summed E-state index contributed by atoms with van der Waals surface area (Å²) in [7, 11) is 0. The summed E-state index contributed by atoms with van der Waals surface area (Å²) in [6.45, 7) is 5.85. The van der Waals surface area contributed by atoms with Gasteiger partial charge in [0.2, 0.25) is 5.75 Å². The first-order valence-electron chi connectivity index (χ1n) is 14.4. The molecule has 0 aliphatic rings. The molecule has 0 bridgehead atoms. The highest BCUT2D eigenvalue weighted by atomic mass is 16.5. The number of para-hydroxylation sites is 1. The zero-order valence-electron chi connectivity index (χ0n) is 22.1. The molecule has 3 nitrogen and oxygen atoms in total. The van der Waals surface area contributed by atoms with E-state index < -0.39 is 0 Å². The molecule has 0 heterocycles. The smallest absolute Gasteiger partial charge is 0.200 e. The second kappa shape index (κ2) is 22.4. The molecular formula is C30H54O3. The second-order valence-corrected chi connectivity index (χ2v) is 9.66. The SMILES string of the molecule is CCCCCCCCCCCCOc1cccc(OCCCCCCCCCCCC)c1O. The third-order valence-electron chi connectivity index (χ3n) is 6.47. The molecule has 0 saturated heterocycles. The van der Waals surface area contributed by atoms with Gasteiger partial charge in [-0.2, -0.15) is 0 Å². The lowest BCUT2D eigenvalue weighted by Gasteiger charge is -2.12. The van der Waals surface area contributed by atoms with Crippen LogP contribution >= 0.6 is 0 Å². The minimum Gasteiger partial charge on any atom is -0.502 e. The summed E-state index contributed by atoms with van der Waals surface area (Å²) in [6.07, 6.45) is 26.2. The summed E-state index contributed by atoms with van der Waals surface area (Å²) < 4.78 is 11.7. The lowest BCUT2D eigenvalue weighted by molar-refractivity contribution is 0.264. The van der Waals surface area contributed by atoms with Crippen LogP contribution in [0.15, 0.2) is 18.2 Å². The van der Waals surface area contributed by atoms with Gasteiger partial charge in [0, 0.05) is 0 Å². The summed E-state index contributed by atoms with van der Waals surface area (Å²) in [6, 6.07) is 5.57. The molecule has 0 spiro atoms. The van der Waals surface area contributed by atoms with Crippen molar-refractivity contribution in [3.8, 4) is 17.2 Å². The quantitative estimate of drug-likeness (QED) is 0.155. The van der Waals surface area contributed by atoms with Gasteiger partial charge < -0.3 is 14.6 Å². The Morgan fingerprint density at radius 2 is 0.788 bits per heavy atom. The average Bonchev–Trinajstić information content (AvgIpc) is 2.82. The van der Waals surface area contributed by atoms with E-state index >= 15 is 0 Å². The predicted octanol–water partition coefficient (Wildman–Crippen LogP) is 9.99. The summed E-state index contributed by atoms with van der Waals surface area (Å²) in [5, 5.41) is 10.5. The van der Waals surface area contributed by atoms with Crippen molar-refractivity contribution >= 4 is 0 Å². The first-order valence-corrected chi connectivity index (χ1v) is 14.4. The maximum Gasteiger partial charge on any atom is 0.200 e. The molecule has 0 saturated carbocycles. The van der Waals surface area contributed by atoms with E-state index in [1.165, 1.54) is 116 Å². The highest BCUT2D eigenvalue weighted by Gasteiger charge is 2.09. The van der Waals surface area contributed by atoms with Crippen LogP contribution in [0.5, 0.6) is 17.2 Å². The maximum absolute atomic E-state index is 10.5. The molecule has 1 N–H and O–H groups in total. The van der Waals surface area contributed by atoms with Gasteiger partial charge >= 0.3 is 0 Å². The fourth-order valence-corrected chi connectivity index (χ4v) is 4.28. The van der Waals surface area contributed by atoms with Crippen LogP contribution in [0.2, 0.25) is 0 Å². The lowest BCUT2D eigenvalue weighted by atomic mass is 10.1. The Kier molecular flexibility index (Phi) is 20.1. The molecular weight excluding hydrogens is 408 g/mol. The van der Waals surface area contributed by atoms with Crippen LogP contribution < -0.4 is 9.47 Å². The second-order valence-electron chi connectivity index (χ2n) is 9.66. The van der Waals surface area contributed by atoms with Gasteiger partial charge in [-0.3, -0.25) is 0 Å². The molecule has 0 unspecified atom stereocenters. The molecule has 0 amide bonds. The van der Waals surface area contributed by atoms with Crippen LogP contribution in [-0.4, -0.2) is 18.3 Å². The Hall–Kier alpha value is -1.38. The number of hydrogen-bond donors (Lipinski definition) is 1. The Morgan fingerprint density at radius 3 is 1.12 bits per heavy atom. The van der Waals surface area contributed by atoms with Crippen molar-refractivity contribution in [1.29, 1.82) is 0 Å². The van der Waals surface area contributed by atoms with E-state index in [1.54, 1.807) is 0 Å². The molecule has 3 heteroatoms. The van der Waals surface area contributed by atoms with Crippen LogP contribution in [0, 0.1) is 0 Å². The van der Waals surface area contributed by atoms with Crippen molar-refractivity contribution in [3.63, 3.8) is 0 Å². The van der Waals surface area contributed by atoms with Gasteiger partial charge in [0.1, 0.15) is 0 Å². The molecule has 0 aromatic heterocycles. The molecule has 0 fully saturated rings. The van der Waals surface area contributed by atoms with Gasteiger partial charge in [-0.05, 0) is 25.0 Å². The highest BCUT2D eigenvalue weighted by Crippen LogP contribution is 2.36. The molecule has 0 atom stereocenters. The number of hydrogen-bond acceptors (Lipinski definition) is 3. The van der Waals surface area contributed by atoms with E-state index in [-0.39, 0.29) is 5.75 Å². The van der Waals surface area contributed by atoms with Gasteiger partial charge in [0.25, 0.3) is 0 Å². The lowest BCUT2D eigenvalue weighted by Crippen LogP contribution is -2.00. The zero-order chi connectivity index (χ0) is 23.8. The zero-order valence-corrected chi connectivity index (χ0v) is 22.1. The van der Waals surface area contributed by atoms with Crippen LogP contribution in [0.4, 0.5) is 0 Å². The molecule has 0 aliphatic heterocycles. The number of ether oxygens (including phenoxy) is 2. The van der Waals surface area contributed by atoms with E-state index in [4.69, 9.17) is 9.47 Å². The summed E-state index contributed by atoms with van der Waals surface area (Å²) in [5.41, 5.74) is 0. The topological polar surface area (TPSA) is 38.7 Å². The standard InChI is InChI=1S/C30H54O3/c1-3-5-7-9-11-13-15-17-19-21-26-32-28-24-23-25-29(30(28)31)33-27-22-20-18-16-14-12-10-8-6-4-2/h23-25,31H,3-22,26-27H2,1-2H3. The molecule has 1 aromatic carbocycles. The van der Waals surface area contributed by atoms with Gasteiger partial charge in [0.05, 0.1) is 13.2 Å². The Bertz CT molecular complexity index is 499. The minimum absolute atomic E-state index is 0.150. The third-order valence-corrected chi connectivity index (χ3v) is 6.47. The Labute approximate surface area is 205 Å². The van der Waals surface area contributed by atoms with Crippen molar-refractivity contribution in [2.24, 2.45) is 0 Å². The first kappa shape index (κ1) is 29.7. The summed E-state index contributed by atoms with van der Waals surface area (Å²) in [4.78, 5) is 0. The first-order chi connectivity index (χ1) is 16.3. The van der Waals surface area contributed by atoms with E-state index in [0.29, 0.717) is 24.7 Å². The van der Waals surface area contributed by atoms with Gasteiger partial charge in [-0.1, -0.05) is 135 Å². The summed E-state index contributed by atoms with van der Waals surface area (Å²) in [5.74, 6) is 1.25. The van der Waals surface area contributed by atoms with Gasteiger partial charge in [0.15, 0.2) is 11.5 Å². The van der Waals surface area contributed by atoms with E-state index in [0.717, 1.165) is 12.8 Å². The monoisotopic (exact) mass is 462 g/mol. The average molecular weight is 463 g/mol. The molecule has 0 radical (unpaired) electrons. The fraction of sp³-hybridized carbons (Fsp3) is 0.800. The summed E-state index contributed by atoms with van der Waals surface area (Å²) >= 11 is 0. The third kappa shape index (κ3) is 16.8. The highest BCUT2D eigenvalue weighted by molar-refractivity contribution is 5.49. The van der Waals surface area contributed by atoms with Crippen molar-refractivity contribution < 1.29 is 14.6 Å². The van der Waals surface area contributed by atoms with Gasteiger partial charge in [-0.15, -0.1) is 0 Å². The van der Waals surface area contributed by atoms with Crippen molar-refractivity contribution in [1.82, 2.24) is 0 Å². The van der Waals surface area contributed by atoms with Crippen LogP contribution in [0.3, 0.4) is 0 Å². The van der Waals surface area contributed by atoms with E-state index in [1.807, 2.05) is 18.2 Å². The van der Waals surface area contributed by atoms with Crippen molar-refractivity contribution in [3.05, 3.63) is 18.2 Å². The number of phenols is 1. The molecule has 0 aliphatic carbocycles. The Balaban J connectivity index is 2.03. The number of phenolic OH excluding ortho intramolecular Hbond substituents is 1. The predicted molar refractivity (Wildman–Crippen MR) is 143 cm³/mol. The van der Waals surface area contributed by atoms with Gasteiger partial charge in [-0.25, -0.2) is 0 Å².